The van der Waals surface area contributed by atoms with E-state index in [-0.39, 0.29) is 30.1 Å². The fraction of sp³-hybridized carbons (Fsp3) is 0.444. The van der Waals surface area contributed by atoms with Gasteiger partial charge < -0.3 is 14.1 Å². The van der Waals surface area contributed by atoms with Gasteiger partial charge in [0.25, 0.3) is 5.91 Å². The number of rotatable bonds is 4. The summed E-state index contributed by atoms with van der Waals surface area (Å²) < 4.78 is 34.0. The van der Waals surface area contributed by atoms with Crippen molar-refractivity contribution in [2.75, 3.05) is 25.2 Å². The maximum atomic E-state index is 12.3. The minimum Gasteiger partial charge on any atom is -0.483 e. The van der Waals surface area contributed by atoms with Gasteiger partial charge in [-0.1, -0.05) is 0 Å². The maximum absolute atomic E-state index is 12.3. The van der Waals surface area contributed by atoms with Crippen LogP contribution in [0.2, 0.25) is 0 Å². The average molecular weight is 379 g/mol. The van der Waals surface area contributed by atoms with Gasteiger partial charge >= 0.3 is 5.63 Å². The third-order valence-corrected chi connectivity index (χ3v) is 6.57. The minimum atomic E-state index is -3.06. The van der Waals surface area contributed by atoms with Gasteiger partial charge in [0.1, 0.15) is 11.3 Å². The molecule has 0 spiro atoms. The van der Waals surface area contributed by atoms with Crippen LogP contribution >= 0.6 is 0 Å². The van der Waals surface area contributed by atoms with Crippen molar-refractivity contribution in [3.05, 3.63) is 39.7 Å². The molecule has 0 bridgehead atoms. The van der Waals surface area contributed by atoms with Gasteiger partial charge in [0, 0.05) is 30.1 Å². The molecular formula is C18H21NO6S. The Balaban J connectivity index is 1.74. The Labute approximate surface area is 151 Å². The van der Waals surface area contributed by atoms with Crippen molar-refractivity contribution in [1.82, 2.24) is 4.90 Å². The van der Waals surface area contributed by atoms with Gasteiger partial charge in [0.05, 0.1) is 11.5 Å². The molecule has 1 atom stereocenters. The van der Waals surface area contributed by atoms with Crippen LogP contribution in [0.5, 0.6) is 5.75 Å². The Hall–Kier alpha value is -2.35. The normalized spacial score (nSPS) is 18.8. The molecule has 0 saturated carbocycles. The van der Waals surface area contributed by atoms with Crippen LogP contribution in [0.15, 0.2) is 27.4 Å². The fourth-order valence-corrected chi connectivity index (χ4v) is 4.96. The molecule has 1 amide bonds. The van der Waals surface area contributed by atoms with Crippen LogP contribution in [0.3, 0.4) is 0 Å². The number of aryl methyl sites for hydroxylation is 2. The van der Waals surface area contributed by atoms with Crippen molar-refractivity contribution in [1.29, 1.82) is 0 Å². The molecule has 8 heteroatoms. The van der Waals surface area contributed by atoms with Gasteiger partial charge in [-0.2, -0.15) is 0 Å². The van der Waals surface area contributed by atoms with Crippen molar-refractivity contribution in [3.63, 3.8) is 0 Å². The molecule has 7 nitrogen and oxygen atoms in total. The molecule has 0 unspecified atom stereocenters. The Morgan fingerprint density at radius 3 is 2.73 bits per heavy atom. The summed E-state index contributed by atoms with van der Waals surface area (Å²) in [6.07, 6.45) is 0.448. The van der Waals surface area contributed by atoms with E-state index in [0.29, 0.717) is 23.3 Å². The molecule has 1 aliphatic heterocycles. The lowest BCUT2D eigenvalue weighted by Gasteiger charge is -2.23. The number of hydrogen-bond acceptors (Lipinski definition) is 6. The first kappa shape index (κ1) is 18.4. The van der Waals surface area contributed by atoms with Gasteiger partial charge in [0.15, 0.2) is 16.4 Å². The number of nitrogens with zero attached hydrogens (tertiary/aromatic N) is 1. The number of carbonyl (C=O) groups excluding carboxylic acids is 1. The molecule has 26 heavy (non-hydrogen) atoms. The highest BCUT2D eigenvalue weighted by Crippen LogP contribution is 2.28. The standard InChI is InChI=1S/C18H21NO6S/c1-11-8-17(21)25-18-12(2)15(5-4-14(11)18)24-9-16(20)19(3)13-6-7-26(22,23)10-13/h4-5,8,13H,6-7,9-10H2,1-3H3/t13-/m1/s1. The summed E-state index contributed by atoms with van der Waals surface area (Å²) in [6.45, 7) is 3.38. The average Bonchev–Trinajstić information content (AvgIpc) is 2.93. The Kier molecular flexibility index (Phi) is 4.79. The molecule has 0 aliphatic carbocycles. The highest BCUT2D eigenvalue weighted by atomic mass is 32.2. The van der Waals surface area contributed by atoms with E-state index in [1.165, 1.54) is 11.0 Å². The number of sulfone groups is 1. The quantitative estimate of drug-likeness (QED) is 0.746. The van der Waals surface area contributed by atoms with Gasteiger partial charge in [0.2, 0.25) is 0 Å². The van der Waals surface area contributed by atoms with E-state index < -0.39 is 15.5 Å². The lowest BCUT2D eigenvalue weighted by Crippen LogP contribution is -2.40. The Morgan fingerprint density at radius 2 is 2.08 bits per heavy atom. The monoisotopic (exact) mass is 379 g/mol. The molecule has 2 aromatic rings. The second-order valence-electron chi connectivity index (χ2n) is 6.66. The van der Waals surface area contributed by atoms with Crippen molar-refractivity contribution in [2.24, 2.45) is 0 Å². The largest absolute Gasteiger partial charge is 0.483 e. The van der Waals surface area contributed by atoms with E-state index in [0.717, 1.165) is 10.9 Å². The summed E-state index contributed by atoms with van der Waals surface area (Å²) in [5.74, 6) is 0.261. The van der Waals surface area contributed by atoms with Crippen LogP contribution in [0.25, 0.3) is 11.0 Å². The van der Waals surface area contributed by atoms with E-state index in [1.54, 1.807) is 26.1 Å². The highest BCUT2D eigenvalue weighted by Gasteiger charge is 2.32. The number of ether oxygens (including phenoxy) is 1. The highest BCUT2D eigenvalue weighted by molar-refractivity contribution is 7.91. The molecular weight excluding hydrogens is 358 g/mol. The van der Waals surface area contributed by atoms with Gasteiger partial charge in [-0.25, -0.2) is 13.2 Å². The van der Waals surface area contributed by atoms with Crippen molar-refractivity contribution in [2.45, 2.75) is 26.3 Å². The molecule has 1 fully saturated rings. The number of carbonyl (C=O) groups is 1. The zero-order valence-electron chi connectivity index (χ0n) is 14.9. The molecule has 140 valence electrons. The van der Waals surface area contributed by atoms with Gasteiger partial charge in [-0.15, -0.1) is 0 Å². The molecule has 1 saturated heterocycles. The molecule has 3 rings (SSSR count). The summed E-state index contributed by atoms with van der Waals surface area (Å²) in [5.41, 5.74) is 1.45. The number of benzene rings is 1. The van der Waals surface area contributed by atoms with Crippen molar-refractivity contribution < 1.29 is 22.4 Å². The number of hydrogen-bond donors (Lipinski definition) is 0. The summed E-state index contributed by atoms with van der Waals surface area (Å²) in [5, 5.41) is 0.814. The van der Waals surface area contributed by atoms with Crippen LogP contribution in [0.4, 0.5) is 0 Å². The predicted molar refractivity (Wildman–Crippen MR) is 97.3 cm³/mol. The number of likely N-dealkylation sites (N-methyl/N-ethyl adjacent to an activating group) is 1. The number of amides is 1. The summed E-state index contributed by atoms with van der Waals surface area (Å²) in [6, 6.07) is 4.64. The van der Waals surface area contributed by atoms with E-state index in [1.807, 2.05) is 6.92 Å². The molecule has 2 heterocycles. The van der Waals surface area contributed by atoms with Crippen molar-refractivity contribution in [3.8, 4) is 5.75 Å². The van der Waals surface area contributed by atoms with Crippen LogP contribution in [-0.2, 0) is 14.6 Å². The van der Waals surface area contributed by atoms with E-state index in [9.17, 15) is 18.0 Å². The van der Waals surface area contributed by atoms with Gasteiger partial charge in [-0.05, 0) is 38.0 Å². The van der Waals surface area contributed by atoms with Crippen LogP contribution in [0.1, 0.15) is 17.5 Å². The van der Waals surface area contributed by atoms with Gasteiger partial charge in [-0.3, -0.25) is 4.79 Å². The first-order valence-electron chi connectivity index (χ1n) is 8.31. The molecule has 1 aliphatic rings. The topological polar surface area (TPSA) is 93.9 Å². The van der Waals surface area contributed by atoms with Crippen molar-refractivity contribution >= 4 is 26.7 Å². The van der Waals surface area contributed by atoms with Crippen LogP contribution in [-0.4, -0.2) is 50.4 Å². The Morgan fingerprint density at radius 1 is 1.35 bits per heavy atom. The van der Waals surface area contributed by atoms with E-state index in [2.05, 4.69) is 0 Å². The lowest BCUT2D eigenvalue weighted by atomic mass is 10.1. The third kappa shape index (κ3) is 3.60. The smallest absolute Gasteiger partial charge is 0.336 e. The molecule has 1 aromatic heterocycles. The van der Waals surface area contributed by atoms with E-state index >= 15 is 0 Å². The minimum absolute atomic E-state index is 0.00528. The molecule has 1 aromatic carbocycles. The van der Waals surface area contributed by atoms with Crippen LogP contribution < -0.4 is 10.4 Å². The first-order valence-corrected chi connectivity index (χ1v) is 10.1. The molecule has 0 N–H and O–H groups in total. The second-order valence-corrected chi connectivity index (χ2v) is 8.89. The summed E-state index contributed by atoms with van der Waals surface area (Å²) >= 11 is 0. The molecule has 0 radical (unpaired) electrons. The lowest BCUT2D eigenvalue weighted by molar-refractivity contribution is -0.133. The summed E-state index contributed by atoms with van der Waals surface area (Å²) in [4.78, 5) is 25.4. The fourth-order valence-electron chi connectivity index (χ4n) is 3.18. The zero-order chi connectivity index (χ0) is 19.1. The Bertz CT molecular complexity index is 1020. The zero-order valence-corrected chi connectivity index (χ0v) is 15.8. The SMILES string of the molecule is Cc1cc(=O)oc2c(C)c(OCC(=O)N(C)[C@@H]3CCS(=O)(=O)C3)ccc12. The number of fused-ring (bicyclic) bond motifs is 1. The predicted octanol–water partition coefficient (Wildman–Crippen LogP) is 1.43. The van der Waals surface area contributed by atoms with Crippen LogP contribution in [0, 0.1) is 13.8 Å². The van der Waals surface area contributed by atoms with E-state index in [4.69, 9.17) is 9.15 Å². The second kappa shape index (κ2) is 6.75. The summed E-state index contributed by atoms with van der Waals surface area (Å²) in [7, 11) is -1.47. The maximum Gasteiger partial charge on any atom is 0.336 e. The first-order chi connectivity index (χ1) is 12.2. The third-order valence-electron chi connectivity index (χ3n) is 4.82.